The van der Waals surface area contributed by atoms with Crippen LogP contribution < -0.4 is 4.74 Å². The van der Waals surface area contributed by atoms with Gasteiger partial charge in [0.05, 0.1) is 12.6 Å². The zero-order valence-electron chi connectivity index (χ0n) is 9.91. The van der Waals surface area contributed by atoms with Crippen LogP contribution in [0.2, 0.25) is 0 Å². The van der Waals surface area contributed by atoms with Crippen LogP contribution in [0.1, 0.15) is 0 Å². The van der Waals surface area contributed by atoms with E-state index in [4.69, 9.17) is 4.74 Å². The SMILES string of the molecule is COc1cccc2cc(-c3cccc(F)c3)[nH]c12. The quantitative estimate of drug-likeness (QED) is 0.721. The molecule has 90 valence electrons. The number of ether oxygens (including phenoxy) is 1. The van der Waals surface area contributed by atoms with Crippen LogP contribution >= 0.6 is 0 Å². The van der Waals surface area contributed by atoms with Gasteiger partial charge in [-0.05, 0) is 24.3 Å². The zero-order chi connectivity index (χ0) is 12.5. The van der Waals surface area contributed by atoms with Crippen molar-refractivity contribution in [2.24, 2.45) is 0 Å². The minimum Gasteiger partial charge on any atom is -0.495 e. The largest absolute Gasteiger partial charge is 0.495 e. The van der Waals surface area contributed by atoms with Gasteiger partial charge in [-0.1, -0.05) is 24.3 Å². The molecule has 0 amide bonds. The van der Waals surface area contributed by atoms with Crippen LogP contribution in [0.25, 0.3) is 22.2 Å². The van der Waals surface area contributed by atoms with Gasteiger partial charge in [0.15, 0.2) is 0 Å². The minimum atomic E-state index is -0.238. The number of hydrogen-bond donors (Lipinski definition) is 1. The lowest BCUT2D eigenvalue weighted by Crippen LogP contribution is -1.83. The summed E-state index contributed by atoms with van der Waals surface area (Å²) in [6.07, 6.45) is 0. The minimum absolute atomic E-state index is 0.238. The molecule has 0 saturated carbocycles. The van der Waals surface area contributed by atoms with Crippen molar-refractivity contribution in [1.29, 1.82) is 0 Å². The molecule has 0 radical (unpaired) electrons. The molecule has 0 bridgehead atoms. The van der Waals surface area contributed by atoms with E-state index in [-0.39, 0.29) is 5.82 Å². The number of aromatic amines is 1. The Kier molecular flexibility index (Phi) is 2.52. The molecule has 0 saturated heterocycles. The maximum absolute atomic E-state index is 13.2. The Bertz CT molecular complexity index is 703. The number of halogens is 1. The molecular weight excluding hydrogens is 229 g/mol. The number of aromatic nitrogens is 1. The second-order valence-corrected chi connectivity index (χ2v) is 4.12. The third kappa shape index (κ3) is 1.74. The summed E-state index contributed by atoms with van der Waals surface area (Å²) < 4.78 is 18.5. The second kappa shape index (κ2) is 4.18. The van der Waals surface area contributed by atoms with Crippen LogP contribution in [0.5, 0.6) is 5.75 Å². The molecule has 1 heterocycles. The van der Waals surface area contributed by atoms with Gasteiger partial charge in [-0.25, -0.2) is 4.39 Å². The Morgan fingerprint density at radius 1 is 1.06 bits per heavy atom. The fraction of sp³-hybridized carbons (Fsp3) is 0.0667. The maximum atomic E-state index is 13.2. The molecule has 3 aromatic rings. The molecule has 18 heavy (non-hydrogen) atoms. The normalized spacial score (nSPS) is 10.8. The van der Waals surface area contributed by atoms with Gasteiger partial charge < -0.3 is 9.72 Å². The van der Waals surface area contributed by atoms with Crippen LogP contribution in [-0.4, -0.2) is 12.1 Å². The molecule has 1 N–H and O–H groups in total. The molecule has 0 aliphatic heterocycles. The van der Waals surface area contributed by atoms with E-state index >= 15 is 0 Å². The van der Waals surface area contributed by atoms with Gasteiger partial charge in [0.25, 0.3) is 0 Å². The highest BCUT2D eigenvalue weighted by Crippen LogP contribution is 2.29. The van der Waals surface area contributed by atoms with Crippen molar-refractivity contribution in [3.8, 4) is 17.0 Å². The van der Waals surface area contributed by atoms with Crippen molar-refractivity contribution in [1.82, 2.24) is 4.98 Å². The second-order valence-electron chi connectivity index (χ2n) is 4.12. The summed E-state index contributed by atoms with van der Waals surface area (Å²) in [4.78, 5) is 3.27. The van der Waals surface area contributed by atoms with E-state index in [1.165, 1.54) is 12.1 Å². The first-order chi connectivity index (χ1) is 8.78. The number of H-pyrrole nitrogens is 1. The van der Waals surface area contributed by atoms with Crippen LogP contribution in [0, 0.1) is 5.82 Å². The number of para-hydroxylation sites is 1. The van der Waals surface area contributed by atoms with Crippen LogP contribution in [0.3, 0.4) is 0 Å². The Balaban J connectivity index is 2.19. The number of methoxy groups -OCH3 is 1. The van der Waals surface area contributed by atoms with Gasteiger partial charge in [-0.3, -0.25) is 0 Å². The number of rotatable bonds is 2. The molecule has 2 aromatic carbocycles. The number of benzene rings is 2. The summed E-state index contributed by atoms with van der Waals surface area (Å²) in [5.41, 5.74) is 2.64. The average Bonchev–Trinajstić information content (AvgIpc) is 2.82. The summed E-state index contributed by atoms with van der Waals surface area (Å²) in [7, 11) is 1.64. The van der Waals surface area contributed by atoms with E-state index in [2.05, 4.69) is 4.98 Å². The molecular formula is C15H12FNO. The molecule has 0 fully saturated rings. The fourth-order valence-corrected chi connectivity index (χ4v) is 2.11. The highest BCUT2D eigenvalue weighted by atomic mass is 19.1. The summed E-state index contributed by atoms with van der Waals surface area (Å²) in [6, 6.07) is 14.3. The zero-order valence-corrected chi connectivity index (χ0v) is 9.91. The predicted octanol–water partition coefficient (Wildman–Crippen LogP) is 3.98. The summed E-state index contributed by atoms with van der Waals surface area (Å²) in [5.74, 6) is 0.549. The average molecular weight is 241 g/mol. The van der Waals surface area contributed by atoms with Crippen LogP contribution in [0.4, 0.5) is 4.39 Å². The molecule has 1 aromatic heterocycles. The van der Waals surface area contributed by atoms with E-state index in [9.17, 15) is 4.39 Å². The summed E-state index contributed by atoms with van der Waals surface area (Å²) in [5, 5.41) is 1.05. The van der Waals surface area contributed by atoms with Crippen LogP contribution in [0.15, 0.2) is 48.5 Å². The van der Waals surface area contributed by atoms with Crippen LogP contribution in [-0.2, 0) is 0 Å². The predicted molar refractivity (Wildman–Crippen MR) is 70.2 cm³/mol. The third-order valence-electron chi connectivity index (χ3n) is 2.97. The Morgan fingerprint density at radius 2 is 1.89 bits per heavy atom. The monoisotopic (exact) mass is 241 g/mol. The first-order valence-electron chi connectivity index (χ1n) is 5.69. The maximum Gasteiger partial charge on any atom is 0.142 e. The van der Waals surface area contributed by atoms with Crippen molar-refractivity contribution in [3.63, 3.8) is 0 Å². The fourth-order valence-electron chi connectivity index (χ4n) is 2.11. The summed E-state index contributed by atoms with van der Waals surface area (Å²) >= 11 is 0. The van der Waals surface area contributed by atoms with E-state index in [1.807, 2.05) is 30.3 Å². The van der Waals surface area contributed by atoms with Gasteiger partial charge in [-0.2, -0.15) is 0 Å². The third-order valence-corrected chi connectivity index (χ3v) is 2.97. The van der Waals surface area contributed by atoms with E-state index < -0.39 is 0 Å². The van der Waals surface area contributed by atoms with Gasteiger partial charge in [-0.15, -0.1) is 0 Å². The number of nitrogens with one attached hydrogen (secondary N) is 1. The van der Waals surface area contributed by atoms with Crippen molar-refractivity contribution in [2.45, 2.75) is 0 Å². The number of hydrogen-bond acceptors (Lipinski definition) is 1. The number of fused-ring (bicyclic) bond motifs is 1. The molecule has 0 unspecified atom stereocenters. The highest BCUT2D eigenvalue weighted by molar-refractivity contribution is 5.90. The summed E-state index contributed by atoms with van der Waals surface area (Å²) in [6.45, 7) is 0. The topological polar surface area (TPSA) is 25.0 Å². The molecule has 0 aliphatic rings. The lowest BCUT2D eigenvalue weighted by Gasteiger charge is -2.00. The van der Waals surface area contributed by atoms with E-state index in [0.29, 0.717) is 0 Å². The van der Waals surface area contributed by atoms with Crippen molar-refractivity contribution < 1.29 is 9.13 Å². The Morgan fingerprint density at radius 3 is 2.67 bits per heavy atom. The van der Waals surface area contributed by atoms with Gasteiger partial charge in [0.2, 0.25) is 0 Å². The van der Waals surface area contributed by atoms with Gasteiger partial charge >= 0.3 is 0 Å². The molecule has 3 rings (SSSR count). The first-order valence-corrected chi connectivity index (χ1v) is 5.69. The lowest BCUT2D eigenvalue weighted by atomic mass is 10.1. The van der Waals surface area contributed by atoms with Gasteiger partial charge in [0.1, 0.15) is 11.6 Å². The lowest BCUT2D eigenvalue weighted by molar-refractivity contribution is 0.419. The smallest absolute Gasteiger partial charge is 0.142 e. The Hall–Kier alpha value is -2.29. The van der Waals surface area contributed by atoms with E-state index in [0.717, 1.165) is 27.9 Å². The first kappa shape index (κ1) is 10.8. The molecule has 2 nitrogen and oxygen atoms in total. The highest BCUT2D eigenvalue weighted by Gasteiger charge is 2.07. The molecule has 0 spiro atoms. The molecule has 0 aliphatic carbocycles. The van der Waals surface area contributed by atoms with Gasteiger partial charge in [0, 0.05) is 16.6 Å². The van der Waals surface area contributed by atoms with Crippen molar-refractivity contribution in [3.05, 3.63) is 54.3 Å². The molecule has 3 heteroatoms. The van der Waals surface area contributed by atoms with E-state index in [1.54, 1.807) is 13.2 Å². The van der Waals surface area contributed by atoms with Crippen molar-refractivity contribution >= 4 is 10.9 Å². The Labute approximate surface area is 104 Å². The molecule has 0 atom stereocenters. The standard InChI is InChI=1S/C15H12FNO/c1-18-14-7-3-5-11-9-13(17-15(11)14)10-4-2-6-12(16)8-10/h2-9,17H,1H3. The van der Waals surface area contributed by atoms with Crippen molar-refractivity contribution in [2.75, 3.05) is 7.11 Å².